The third-order valence-electron chi connectivity index (χ3n) is 3.70. The predicted molar refractivity (Wildman–Crippen MR) is 82.2 cm³/mol. The number of hydrogen-bond donors (Lipinski definition) is 0. The molecule has 22 heavy (non-hydrogen) atoms. The van der Waals surface area contributed by atoms with Crippen molar-refractivity contribution in [1.29, 1.82) is 5.26 Å². The third-order valence-corrected chi connectivity index (χ3v) is 3.96. The van der Waals surface area contributed by atoms with Gasteiger partial charge in [-0.2, -0.15) is 5.26 Å². The molecule has 1 fully saturated rings. The SMILES string of the molecule is CC(C#N)(OC1CCCCO1)c1nc2ccccc2nc1Cl. The normalized spacial score (nSPS) is 21.2. The van der Waals surface area contributed by atoms with Crippen LogP contribution in [-0.2, 0) is 15.1 Å². The predicted octanol–water partition coefficient (Wildman–Crippen LogP) is 3.57. The van der Waals surface area contributed by atoms with E-state index < -0.39 is 11.9 Å². The summed E-state index contributed by atoms with van der Waals surface area (Å²) >= 11 is 6.24. The molecule has 0 radical (unpaired) electrons. The maximum atomic E-state index is 9.61. The summed E-state index contributed by atoms with van der Waals surface area (Å²) in [7, 11) is 0. The Labute approximate surface area is 133 Å². The standard InChI is InChI=1S/C16H16ClN3O2/c1-16(10-18,22-13-8-4-5-9-21-13)14-15(17)20-12-7-3-2-6-11(12)19-14/h2-3,6-7,13H,4-5,8-9H2,1H3. The van der Waals surface area contributed by atoms with Crippen LogP contribution in [0.25, 0.3) is 11.0 Å². The van der Waals surface area contributed by atoms with Gasteiger partial charge in [0.25, 0.3) is 0 Å². The van der Waals surface area contributed by atoms with Crippen LogP contribution >= 0.6 is 11.6 Å². The monoisotopic (exact) mass is 317 g/mol. The van der Waals surface area contributed by atoms with E-state index in [9.17, 15) is 5.26 Å². The van der Waals surface area contributed by atoms with Crippen molar-refractivity contribution in [3.63, 3.8) is 0 Å². The summed E-state index contributed by atoms with van der Waals surface area (Å²) in [4.78, 5) is 8.80. The maximum Gasteiger partial charge on any atom is 0.199 e. The summed E-state index contributed by atoms with van der Waals surface area (Å²) in [5, 5.41) is 9.79. The summed E-state index contributed by atoms with van der Waals surface area (Å²) in [6, 6.07) is 9.54. The van der Waals surface area contributed by atoms with Crippen LogP contribution in [-0.4, -0.2) is 22.9 Å². The molecule has 1 aromatic carbocycles. The molecule has 1 aliphatic rings. The minimum atomic E-state index is -1.30. The van der Waals surface area contributed by atoms with Crippen LogP contribution in [0.4, 0.5) is 0 Å². The summed E-state index contributed by atoms with van der Waals surface area (Å²) in [6.07, 6.45) is 2.38. The topological polar surface area (TPSA) is 68.0 Å². The van der Waals surface area contributed by atoms with E-state index in [0.29, 0.717) is 23.3 Å². The first-order chi connectivity index (χ1) is 10.6. The summed E-state index contributed by atoms with van der Waals surface area (Å²) in [5.41, 5.74) is 0.391. The van der Waals surface area contributed by atoms with Gasteiger partial charge in [-0.1, -0.05) is 23.7 Å². The van der Waals surface area contributed by atoms with Crippen LogP contribution in [0.5, 0.6) is 0 Å². The zero-order valence-electron chi connectivity index (χ0n) is 12.3. The molecule has 0 amide bonds. The van der Waals surface area contributed by atoms with E-state index >= 15 is 0 Å². The van der Waals surface area contributed by atoms with Gasteiger partial charge in [0.1, 0.15) is 11.8 Å². The van der Waals surface area contributed by atoms with Crippen LogP contribution in [0, 0.1) is 11.3 Å². The number of benzene rings is 1. The van der Waals surface area contributed by atoms with Gasteiger partial charge in [-0.15, -0.1) is 0 Å². The van der Waals surface area contributed by atoms with Crippen molar-refractivity contribution in [3.05, 3.63) is 35.1 Å². The van der Waals surface area contributed by atoms with Gasteiger partial charge < -0.3 is 9.47 Å². The quantitative estimate of drug-likeness (QED) is 0.865. The Hall–Kier alpha value is -1.74. The molecule has 2 heterocycles. The number of para-hydroxylation sites is 2. The van der Waals surface area contributed by atoms with E-state index in [-0.39, 0.29) is 5.15 Å². The molecule has 5 nitrogen and oxygen atoms in total. The molecule has 114 valence electrons. The number of halogens is 1. The van der Waals surface area contributed by atoms with Gasteiger partial charge in [0.05, 0.1) is 11.0 Å². The van der Waals surface area contributed by atoms with E-state index in [0.717, 1.165) is 19.3 Å². The molecule has 6 heteroatoms. The number of nitrogens with zero attached hydrogens (tertiary/aromatic N) is 3. The van der Waals surface area contributed by atoms with Crippen molar-refractivity contribution in [2.24, 2.45) is 0 Å². The minimum Gasteiger partial charge on any atom is -0.353 e. The van der Waals surface area contributed by atoms with Crippen molar-refractivity contribution in [3.8, 4) is 6.07 Å². The van der Waals surface area contributed by atoms with E-state index in [1.165, 1.54) is 0 Å². The van der Waals surface area contributed by atoms with E-state index in [4.69, 9.17) is 21.1 Å². The zero-order chi connectivity index (χ0) is 15.6. The fourth-order valence-electron chi connectivity index (χ4n) is 2.48. The fraction of sp³-hybridized carbons (Fsp3) is 0.438. The molecule has 1 aromatic heterocycles. The average molecular weight is 318 g/mol. The second kappa shape index (κ2) is 6.17. The van der Waals surface area contributed by atoms with Crippen molar-refractivity contribution in [1.82, 2.24) is 9.97 Å². The largest absolute Gasteiger partial charge is 0.353 e. The number of ether oxygens (including phenoxy) is 2. The van der Waals surface area contributed by atoms with Gasteiger partial charge in [0, 0.05) is 6.61 Å². The summed E-state index contributed by atoms with van der Waals surface area (Å²) in [6.45, 7) is 2.29. The number of rotatable bonds is 3. The molecule has 0 N–H and O–H groups in total. The van der Waals surface area contributed by atoms with Crippen LogP contribution < -0.4 is 0 Å². The number of fused-ring (bicyclic) bond motifs is 1. The summed E-state index contributed by atoms with van der Waals surface area (Å²) in [5.74, 6) is 0. The Morgan fingerprint density at radius 2 is 2.05 bits per heavy atom. The summed E-state index contributed by atoms with van der Waals surface area (Å²) < 4.78 is 11.4. The number of nitriles is 1. The lowest BCUT2D eigenvalue weighted by Crippen LogP contribution is -2.34. The number of aromatic nitrogens is 2. The lowest BCUT2D eigenvalue weighted by Gasteiger charge is -2.30. The van der Waals surface area contributed by atoms with Crippen LogP contribution in [0.2, 0.25) is 5.15 Å². The first-order valence-electron chi connectivity index (χ1n) is 7.26. The second-order valence-electron chi connectivity index (χ2n) is 5.41. The molecule has 1 aliphatic heterocycles. The van der Waals surface area contributed by atoms with Crippen molar-refractivity contribution >= 4 is 22.6 Å². The van der Waals surface area contributed by atoms with Crippen LogP contribution in [0.1, 0.15) is 31.9 Å². The van der Waals surface area contributed by atoms with Gasteiger partial charge in [-0.25, -0.2) is 9.97 Å². The Morgan fingerprint density at radius 3 is 2.68 bits per heavy atom. The Morgan fingerprint density at radius 1 is 1.32 bits per heavy atom. The van der Waals surface area contributed by atoms with Crippen LogP contribution in [0.15, 0.2) is 24.3 Å². The first-order valence-corrected chi connectivity index (χ1v) is 7.63. The highest BCUT2D eigenvalue weighted by molar-refractivity contribution is 6.30. The Kier molecular flexibility index (Phi) is 4.25. The molecule has 0 bridgehead atoms. The van der Waals surface area contributed by atoms with Gasteiger partial charge in [-0.05, 0) is 38.3 Å². The molecule has 2 aromatic rings. The van der Waals surface area contributed by atoms with E-state index in [1.807, 2.05) is 24.3 Å². The molecule has 0 spiro atoms. The molecule has 2 atom stereocenters. The fourth-order valence-corrected chi connectivity index (χ4v) is 2.80. The van der Waals surface area contributed by atoms with Crippen molar-refractivity contribution in [2.75, 3.05) is 6.61 Å². The van der Waals surface area contributed by atoms with Crippen LogP contribution in [0.3, 0.4) is 0 Å². The third kappa shape index (κ3) is 2.91. The Balaban J connectivity index is 1.98. The highest BCUT2D eigenvalue weighted by atomic mass is 35.5. The smallest absolute Gasteiger partial charge is 0.199 e. The minimum absolute atomic E-state index is 0.179. The van der Waals surface area contributed by atoms with E-state index in [1.54, 1.807) is 6.92 Å². The second-order valence-corrected chi connectivity index (χ2v) is 5.77. The van der Waals surface area contributed by atoms with Crippen molar-refractivity contribution < 1.29 is 9.47 Å². The molecule has 1 saturated heterocycles. The highest BCUT2D eigenvalue weighted by Crippen LogP contribution is 2.32. The van der Waals surface area contributed by atoms with Gasteiger partial charge in [-0.3, -0.25) is 0 Å². The first kappa shape index (κ1) is 15.2. The average Bonchev–Trinajstić information content (AvgIpc) is 2.55. The molecular weight excluding hydrogens is 302 g/mol. The molecular formula is C16H16ClN3O2. The zero-order valence-corrected chi connectivity index (χ0v) is 13.0. The van der Waals surface area contributed by atoms with Gasteiger partial charge >= 0.3 is 0 Å². The lowest BCUT2D eigenvalue weighted by atomic mass is 10.0. The number of hydrogen-bond acceptors (Lipinski definition) is 5. The molecule has 0 saturated carbocycles. The van der Waals surface area contributed by atoms with Gasteiger partial charge in [0.15, 0.2) is 17.0 Å². The highest BCUT2D eigenvalue weighted by Gasteiger charge is 2.36. The molecule has 3 rings (SSSR count). The molecule has 2 unspecified atom stereocenters. The van der Waals surface area contributed by atoms with Gasteiger partial charge in [0.2, 0.25) is 0 Å². The maximum absolute atomic E-state index is 9.61. The van der Waals surface area contributed by atoms with Crippen molar-refractivity contribution in [2.45, 2.75) is 38.1 Å². The van der Waals surface area contributed by atoms with E-state index in [2.05, 4.69) is 16.0 Å². The molecule has 0 aliphatic carbocycles. The Bertz CT molecular complexity index is 725. The lowest BCUT2D eigenvalue weighted by molar-refractivity contribution is -0.208.